The lowest BCUT2D eigenvalue weighted by molar-refractivity contribution is 0.232. The molecule has 1 aromatic heterocycles. The Labute approximate surface area is 121 Å². The van der Waals surface area contributed by atoms with Crippen LogP contribution in [0.15, 0.2) is 0 Å². The van der Waals surface area contributed by atoms with E-state index in [1.807, 2.05) is 6.92 Å². The van der Waals surface area contributed by atoms with Crippen molar-refractivity contribution in [2.24, 2.45) is 5.41 Å². The predicted octanol–water partition coefficient (Wildman–Crippen LogP) is 3.63. The standard InChI is InChI=1S/C16H26N4/c1-10-13(17)19-15(11-4-5-11)20-14(10)18-12-6-8-16(2,3)9-7-12/h11-12H,4-9H2,1-3H3,(H3,17,18,19,20). The number of hydrogen-bond donors (Lipinski definition) is 2. The molecule has 3 N–H and O–H groups in total. The molecule has 0 bridgehead atoms. The van der Waals surface area contributed by atoms with Crippen LogP contribution in [-0.4, -0.2) is 16.0 Å². The summed E-state index contributed by atoms with van der Waals surface area (Å²) in [5.41, 5.74) is 7.54. The van der Waals surface area contributed by atoms with Gasteiger partial charge in [-0.3, -0.25) is 0 Å². The lowest BCUT2D eigenvalue weighted by atomic mass is 9.75. The molecule has 0 amide bonds. The van der Waals surface area contributed by atoms with Gasteiger partial charge in [-0.05, 0) is 50.9 Å². The van der Waals surface area contributed by atoms with Gasteiger partial charge < -0.3 is 11.1 Å². The SMILES string of the molecule is Cc1c(N)nc(C2CC2)nc1NC1CCC(C)(C)CC1. The van der Waals surface area contributed by atoms with Crippen LogP contribution < -0.4 is 11.1 Å². The minimum atomic E-state index is 0.497. The molecule has 0 saturated heterocycles. The maximum atomic E-state index is 6.04. The minimum absolute atomic E-state index is 0.497. The molecule has 4 heteroatoms. The average Bonchev–Trinajstić information content (AvgIpc) is 3.21. The van der Waals surface area contributed by atoms with Crippen molar-refractivity contribution in [3.63, 3.8) is 0 Å². The predicted molar refractivity (Wildman–Crippen MR) is 82.8 cm³/mol. The van der Waals surface area contributed by atoms with E-state index in [1.165, 1.54) is 38.5 Å². The topological polar surface area (TPSA) is 63.8 Å². The molecule has 0 radical (unpaired) electrons. The minimum Gasteiger partial charge on any atom is -0.383 e. The maximum Gasteiger partial charge on any atom is 0.136 e. The van der Waals surface area contributed by atoms with Gasteiger partial charge in [0.1, 0.15) is 17.5 Å². The third-order valence-corrected chi connectivity index (χ3v) is 4.82. The summed E-state index contributed by atoms with van der Waals surface area (Å²) in [5, 5.41) is 3.62. The Hall–Kier alpha value is -1.32. The highest BCUT2D eigenvalue weighted by Crippen LogP contribution is 2.40. The monoisotopic (exact) mass is 274 g/mol. The van der Waals surface area contributed by atoms with E-state index >= 15 is 0 Å². The Morgan fingerprint density at radius 2 is 1.75 bits per heavy atom. The molecule has 2 aliphatic rings. The van der Waals surface area contributed by atoms with E-state index in [0.29, 0.717) is 23.2 Å². The molecule has 2 saturated carbocycles. The van der Waals surface area contributed by atoms with Crippen LogP contribution in [0.5, 0.6) is 0 Å². The number of hydrogen-bond acceptors (Lipinski definition) is 4. The van der Waals surface area contributed by atoms with E-state index in [4.69, 9.17) is 10.7 Å². The number of nitrogens with two attached hydrogens (primary N) is 1. The van der Waals surface area contributed by atoms with Crippen LogP contribution in [0.3, 0.4) is 0 Å². The van der Waals surface area contributed by atoms with Crippen molar-refractivity contribution in [3.8, 4) is 0 Å². The second-order valence-electron chi connectivity index (χ2n) is 7.30. The molecule has 20 heavy (non-hydrogen) atoms. The highest BCUT2D eigenvalue weighted by atomic mass is 15.1. The molecular weight excluding hydrogens is 248 g/mol. The summed E-state index contributed by atoms with van der Waals surface area (Å²) in [7, 11) is 0. The Morgan fingerprint density at radius 1 is 1.10 bits per heavy atom. The Bertz CT molecular complexity index is 495. The van der Waals surface area contributed by atoms with Gasteiger partial charge in [0.15, 0.2) is 0 Å². The number of nitrogen functional groups attached to an aromatic ring is 1. The molecule has 1 heterocycles. The fraction of sp³-hybridized carbons (Fsp3) is 0.750. The fourth-order valence-electron chi connectivity index (χ4n) is 2.95. The zero-order chi connectivity index (χ0) is 14.3. The summed E-state index contributed by atoms with van der Waals surface area (Å²) in [5.74, 6) is 3.08. The normalized spacial score (nSPS) is 22.8. The summed E-state index contributed by atoms with van der Waals surface area (Å²) < 4.78 is 0. The summed E-state index contributed by atoms with van der Waals surface area (Å²) in [6.07, 6.45) is 7.41. The molecule has 4 nitrogen and oxygen atoms in total. The zero-order valence-electron chi connectivity index (χ0n) is 12.9. The second-order valence-corrected chi connectivity index (χ2v) is 7.30. The van der Waals surface area contributed by atoms with Crippen molar-refractivity contribution < 1.29 is 0 Å². The molecule has 2 fully saturated rings. The molecule has 0 aromatic carbocycles. The summed E-state index contributed by atoms with van der Waals surface area (Å²) in [6.45, 7) is 6.74. The summed E-state index contributed by atoms with van der Waals surface area (Å²) in [6, 6.07) is 0.531. The zero-order valence-corrected chi connectivity index (χ0v) is 12.9. The smallest absolute Gasteiger partial charge is 0.136 e. The second kappa shape index (κ2) is 4.90. The van der Waals surface area contributed by atoms with Crippen molar-refractivity contribution in [3.05, 3.63) is 11.4 Å². The number of rotatable bonds is 3. The van der Waals surface area contributed by atoms with E-state index in [2.05, 4.69) is 24.1 Å². The van der Waals surface area contributed by atoms with Gasteiger partial charge in [-0.25, -0.2) is 9.97 Å². The first-order valence-corrected chi connectivity index (χ1v) is 7.85. The molecule has 0 unspecified atom stereocenters. The van der Waals surface area contributed by atoms with Crippen molar-refractivity contribution >= 4 is 11.6 Å². The molecule has 2 aliphatic carbocycles. The lowest BCUT2D eigenvalue weighted by Crippen LogP contribution is -2.30. The fourth-order valence-corrected chi connectivity index (χ4v) is 2.95. The number of nitrogens with zero attached hydrogens (tertiary/aromatic N) is 2. The van der Waals surface area contributed by atoms with Gasteiger partial charge in [0, 0.05) is 17.5 Å². The Balaban J connectivity index is 1.73. The van der Waals surface area contributed by atoms with Crippen LogP contribution in [0.2, 0.25) is 0 Å². The number of nitrogens with one attached hydrogen (secondary N) is 1. The lowest BCUT2D eigenvalue weighted by Gasteiger charge is -2.35. The van der Waals surface area contributed by atoms with E-state index in [-0.39, 0.29) is 0 Å². The van der Waals surface area contributed by atoms with Crippen LogP contribution in [-0.2, 0) is 0 Å². The maximum absolute atomic E-state index is 6.04. The molecule has 0 spiro atoms. The summed E-state index contributed by atoms with van der Waals surface area (Å²) >= 11 is 0. The van der Waals surface area contributed by atoms with Gasteiger partial charge in [0.25, 0.3) is 0 Å². The molecule has 0 atom stereocenters. The first-order valence-electron chi connectivity index (χ1n) is 7.85. The Morgan fingerprint density at radius 3 is 2.35 bits per heavy atom. The quantitative estimate of drug-likeness (QED) is 0.883. The number of aromatic nitrogens is 2. The van der Waals surface area contributed by atoms with Crippen molar-refractivity contribution in [2.75, 3.05) is 11.1 Å². The van der Waals surface area contributed by atoms with E-state index in [9.17, 15) is 0 Å². The van der Waals surface area contributed by atoms with Gasteiger partial charge in [0.2, 0.25) is 0 Å². The Kier molecular flexibility index (Phi) is 3.35. The van der Waals surface area contributed by atoms with Crippen LogP contribution >= 0.6 is 0 Å². The van der Waals surface area contributed by atoms with E-state index < -0.39 is 0 Å². The molecule has 0 aliphatic heterocycles. The van der Waals surface area contributed by atoms with Crippen molar-refractivity contribution in [1.82, 2.24) is 9.97 Å². The molecule has 110 valence electrons. The third-order valence-electron chi connectivity index (χ3n) is 4.82. The van der Waals surface area contributed by atoms with Gasteiger partial charge in [-0.15, -0.1) is 0 Å². The van der Waals surface area contributed by atoms with Gasteiger partial charge in [-0.1, -0.05) is 13.8 Å². The van der Waals surface area contributed by atoms with E-state index in [1.54, 1.807) is 0 Å². The largest absolute Gasteiger partial charge is 0.383 e. The third kappa shape index (κ3) is 2.89. The average molecular weight is 274 g/mol. The highest BCUT2D eigenvalue weighted by Gasteiger charge is 2.30. The van der Waals surface area contributed by atoms with Crippen LogP contribution in [0.25, 0.3) is 0 Å². The van der Waals surface area contributed by atoms with Crippen molar-refractivity contribution in [2.45, 2.75) is 71.3 Å². The number of anilines is 2. The van der Waals surface area contributed by atoms with Gasteiger partial charge in [-0.2, -0.15) is 0 Å². The first-order chi connectivity index (χ1) is 9.44. The molecule has 1 aromatic rings. The van der Waals surface area contributed by atoms with Gasteiger partial charge in [0.05, 0.1) is 0 Å². The van der Waals surface area contributed by atoms with Gasteiger partial charge >= 0.3 is 0 Å². The van der Waals surface area contributed by atoms with Crippen LogP contribution in [0.4, 0.5) is 11.6 Å². The van der Waals surface area contributed by atoms with E-state index in [0.717, 1.165) is 17.2 Å². The van der Waals surface area contributed by atoms with Crippen molar-refractivity contribution in [1.29, 1.82) is 0 Å². The first kappa shape index (κ1) is 13.7. The highest BCUT2D eigenvalue weighted by molar-refractivity contribution is 5.55. The van der Waals surface area contributed by atoms with Crippen LogP contribution in [0.1, 0.15) is 69.7 Å². The molecule has 3 rings (SSSR count). The van der Waals surface area contributed by atoms with Crippen LogP contribution in [0, 0.1) is 12.3 Å². The summed E-state index contributed by atoms with van der Waals surface area (Å²) in [4.78, 5) is 9.16. The molecular formula is C16H26N4.